The lowest BCUT2D eigenvalue weighted by Crippen LogP contribution is -2.07. The molecule has 0 aromatic carbocycles. The molecule has 13 heavy (non-hydrogen) atoms. The molecule has 0 fully saturated rings. The number of thioether (sulfide) groups is 1. The molecule has 0 bridgehead atoms. The smallest absolute Gasteiger partial charge is 0.226 e. The van der Waals surface area contributed by atoms with Crippen molar-refractivity contribution >= 4 is 11.8 Å². The Bertz CT molecular complexity index is 251. The van der Waals surface area contributed by atoms with Gasteiger partial charge in [-0.15, -0.1) is 22.0 Å². The van der Waals surface area contributed by atoms with Crippen molar-refractivity contribution in [3.63, 3.8) is 0 Å². The van der Waals surface area contributed by atoms with Gasteiger partial charge in [0.25, 0.3) is 0 Å². The minimum Gasteiger partial charge on any atom is -0.425 e. The SMILES string of the molecule is Cc1nnc(CSC(C)CCN)o1. The summed E-state index contributed by atoms with van der Waals surface area (Å²) in [7, 11) is 0. The molecule has 1 atom stereocenters. The minimum absolute atomic E-state index is 0.553. The van der Waals surface area contributed by atoms with Crippen LogP contribution in [0, 0.1) is 6.92 Å². The zero-order chi connectivity index (χ0) is 9.68. The van der Waals surface area contributed by atoms with Crippen molar-refractivity contribution in [1.82, 2.24) is 10.2 Å². The molecule has 1 rings (SSSR count). The Balaban J connectivity index is 2.26. The van der Waals surface area contributed by atoms with Gasteiger partial charge >= 0.3 is 0 Å². The van der Waals surface area contributed by atoms with Crippen LogP contribution >= 0.6 is 11.8 Å². The highest BCUT2D eigenvalue weighted by Crippen LogP contribution is 2.18. The molecule has 0 radical (unpaired) electrons. The maximum Gasteiger partial charge on any atom is 0.226 e. The molecule has 4 nitrogen and oxygen atoms in total. The highest BCUT2D eigenvalue weighted by atomic mass is 32.2. The van der Waals surface area contributed by atoms with Crippen molar-refractivity contribution in [1.29, 1.82) is 0 Å². The van der Waals surface area contributed by atoms with Gasteiger partial charge in [0, 0.05) is 12.2 Å². The Labute approximate surface area is 82.3 Å². The van der Waals surface area contributed by atoms with Crippen molar-refractivity contribution in [2.75, 3.05) is 6.54 Å². The van der Waals surface area contributed by atoms with Crippen LogP contribution < -0.4 is 5.73 Å². The molecule has 1 aromatic rings. The highest BCUT2D eigenvalue weighted by Gasteiger charge is 2.06. The topological polar surface area (TPSA) is 64.9 Å². The Morgan fingerprint density at radius 3 is 2.85 bits per heavy atom. The largest absolute Gasteiger partial charge is 0.425 e. The molecule has 74 valence electrons. The number of hydrogen-bond donors (Lipinski definition) is 1. The molecule has 0 aliphatic heterocycles. The fourth-order valence-corrected chi connectivity index (χ4v) is 1.77. The zero-order valence-electron chi connectivity index (χ0n) is 7.99. The summed E-state index contributed by atoms with van der Waals surface area (Å²) in [6, 6.07) is 0. The molecule has 0 aliphatic rings. The summed E-state index contributed by atoms with van der Waals surface area (Å²) < 4.78 is 5.24. The van der Waals surface area contributed by atoms with Crippen LogP contribution in [-0.4, -0.2) is 22.0 Å². The molecule has 0 aliphatic carbocycles. The molecule has 2 N–H and O–H groups in total. The van der Waals surface area contributed by atoms with Crippen LogP contribution in [0.2, 0.25) is 0 Å². The van der Waals surface area contributed by atoms with Gasteiger partial charge in [-0.1, -0.05) is 6.92 Å². The third-order valence-corrected chi connectivity index (χ3v) is 2.85. The van der Waals surface area contributed by atoms with E-state index in [1.165, 1.54) is 0 Å². The van der Waals surface area contributed by atoms with Crippen LogP contribution in [0.1, 0.15) is 25.1 Å². The first-order valence-corrected chi connectivity index (χ1v) is 5.38. The lowest BCUT2D eigenvalue weighted by atomic mass is 10.3. The van der Waals surface area contributed by atoms with Crippen molar-refractivity contribution in [3.8, 4) is 0 Å². The van der Waals surface area contributed by atoms with Gasteiger partial charge in [0.2, 0.25) is 11.8 Å². The predicted octanol–water partition coefficient (Wildman–Crippen LogP) is 1.35. The first-order valence-electron chi connectivity index (χ1n) is 4.33. The summed E-state index contributed by atoms with van der Waals surface area (Å²) >= 11 is 1.79. The van der Waals surface area contributed by atoms with Gasteiger partial charge in [-0.05, 0) is 13.0 Å². The van der Waals surface area contributed by atoms with Gasteiger partial charge in [-0.25, -0.2) is 0 Å². The average Bonchev–Trinajstić information content (AvgIpc) is 2.49. The lowest BCUT2D eigenvalue weighted by Gasteiger charge is -2.06. The van der Waals surface area contributed by atoms with Crippen molar-refractivity contribution in [2.45, 2.75) is 31.3 Å². The maximum absolute atomic E-state index is 5.44. The van der Waals surface area contributed by atoms with E-state index in [2.05, 4.69) is 17.1 Å². The lowest BCUT2D eigenvalue weighted by molar-refractivity contribution is 0.485. The van der Waals surface area contributed by atoms with Crippen molar-refractivity contribution in [3.05, 3.63) is 11.8 Å². The maximum atomic E-state index is 5.44. The van der Waals surface area contributed by atoms with Gasteiger partial charge in [0.1, 0.15) is 0 Å². The first-order chi connectivity index (χ1) is 6.22. The van der Waals surface area contributed by atoms with E-state index in [-0.39, 0.29) is 0 Å². The second kappa shape index (κ2) is 5.24. The molecule has 0 spiro atoms. The van der Waals surface area contributed by atoms with Gasteiger partial charge in [0.05, 0.1) is 5.75 Å². The Morgan fingerprint density at radius 1 is 1.54 bits per heavy atom. The van der Waals surface area contributed by atoms with E-state index >= 15 is 0 Å². The summed E-state index contributed by atoms with van der Waals surface area (Å²) in [5.74, 6) is 2.11. The summed E-state index contributed by atoms with van der Waals surface area (Å²) in [6.07, 6.45) is 1.03. The molecule has 1 unspecified atom stereocenters. The summed E-state index contributed by atoms with van der Waals surface area (Å²) in [5.41, 5.74) is 5.44. The van der Waals surface area contributed by atoms with E-state index in [4.69, 9.17) is 10.2 Å². The second-order valence-corrected chi connectivity index (χ2v) is 4.34. The summed E-state index contributed by atoms with van der Waals surface area (Å²) in [5, 5.41) is 8.22. The van der Waals surface area contributed by atoms with Crippen molar-refractivity contribution < 1.29 is 4.42 Å². The fourth-order valence-electron chi connectivity index (χ4n) is 0.927. The van der Waals surface area contributed by atoms with Crippen LogP contribution in [0.4, 0.5) is 0 Å². The summed E-state index contributed by atoms with van der Waals surface area (Å²) in [6.45, 7) is 4.68. The molecule has 5 heteroatoms. The van der Waals surface area contributed by atoms with E-state index in [9.17, 15) is 0 Å². The Kier molecular flexibility index (Phi) is 4.24. The highest BCUT2D eigenvalue weighted by molar-refractivity contribution is 7.99. The number of nitrogens with two attached hydrogens (primary N) is 1. The van der Waals surface area contributed by atoms with Gasteiger partial charge < -0.3 is 10.2 Å². The quantitative estimate of drug-likeness (QED) is 0.779. The third-order valence-electron chi connectivity index (χ3n) is 1.63. The molecule has 1 aromatic heterocycles. The first kappa shape index (κ1) is 10.5. The number of aromatic nitrogens is 2. The number of nitrogens with zero attached hydrogens (tertiary/aromatic N) is 2. The normalized spacial score (nSPS) is 13.2. The average molecular weight is 201 g/mol. The predicted molar refractivity (Wildman–Crippen MR) is 53.5 cm³/mol. The van der Waals surface area contributed by atoms with Crippen LogP contribution in [0.25, 0.3) is 0 Å². The molecule has 0 amide bonds. The molecule has 0 saturated carbocycles. The van der Waals surface area contributed by atoms with Crippen LogP contribution in [0.3, 0.4) is 0 Å². The number of hydrogen-bond acceptors (Lipinski definition) is 5. The Hall–Kier alpha value is -0.550. The Morgan fingerprint density at radius 2 is 2.31 bits per heavy atom. The van der Waals surface area contributed by atoms with Crippen molar-refractivity contribution in [2.24, 2.45) is 5.73 Å². The monoisotopic (exact) mass is 201 g/mol. The summed E-state index contributed by atoms with van der Waals surface area (Å²) in [4.78, 5) is 0. The third kappa shape index (κ3) is 3.78. The standard InChI is InChI=1S/C8H15N3OS/c1-6(3-4-9)13-5-8-11-10-7(2)12-8/h6H,3-5,9H2,1-2H3. The molecule has 0 saturated heterocycles. The zero-order valence-corrected chi connectivity index (χ0v) is 8.80. The molecular weight excluding hydrogens is 186 g/mol. The number of aryl methyl sites for hydroxylation is 1. The van der Waals surface area contributed by atoms with E-state index in [0.717, 1.165) is 18.7 Å². The van der Waals surface area contributed by atoms with E-state index in [1.54, 1.807) is 18.7 Å². The van der Waals surface area contributed by atoms with Gasteiger partial charge in [0.15, 0.2) is 0 Å². The van der Waals surface area contributed by atoms with E-state index in [1.807, 2.05) is 0 Å². The second-order valence-electron chi connectivity index (χ2n) is 2.91. The minimum atomic E-state index is 0.553. The molecule has 1 heterocycles. The van der Waals surface area contributed by atoms with Crippen LogP contribution in [0.5, 0.6) is 0 Å². The van der Waals surface area contributed by atoms with Crippen LogP contribution in [-0.2, 0) is 5.75 Å². The van der Waals surface area contributed by atoms with Gasteiger partial charge in [-0.3, -0.25) is 0 Å². The van der Waals surface area contributed by atoms with Crippen LogP contribution in [0.15, 0.2) is 4.42 Å². The van der Waals surface area contributed by atoms with Gasteiger partial charge in [-0.2, -0.15) is 0 Å². The number of rotatable bonds is 5. The van der Waals surface area contributed by atoms with E-state index < -0.39 is 0 Å². The molecular formula is C8H15N3OS. The fraction of sp³-hybridized carbons (Fsp3) is 0.750. The van der Waals surface area contributed by atoms with E-state index in [0.29, 0.717) is 17.0 Å².